The van der Waals surface area contributed by atoms with E-state index in [9.17, 15) is 9.18 Å². The maximum Gasteiger partial charge on any atom is 0.322 e. The number of aromatic nitrogens is 1. The number of anilines is 1. The lowest BCUT2D eigenvalue weighted by Gasteiger charge is -2.08. The molecule has 0 saturated heterocycles. The van der Waals surface area contributed by atoms with Gasteiger partial charge in [0.2, 0.25) is 0 Å². The molecule has 2 aromatic rings. The number of aliphatic carboxylic acids is 1. The normalized spacial score (nSPS) is 10.5. The summed E-state index contributed by atoms with van der Waals surface area (Å²) in [6.07, 6.45) is 1.55. The number of carboxylic acid groups (broad SMARTS) is 1. The van der Waals surface area contributed by atoms with Gasteiger partial charge in [0.15, 0.2) is 0 Å². The van der Waals surface area contributed by atoms with Crippen LogP contribution in [0.4, 0.5) is 10.2 Å². The fourth-order valence-corrected chi connectivity index (χ4v) is 1.93. The van der Waals surface area contributed by atoms with E-state index < -0.39 is 11.8 Å². The summed E-state index contributed by atoms with van der Waals surface area (Å²) < 4.78 is 13.9. The van der Waals surface area contributed by atoms with Crippen molar-refractivity contribution in [2.45, 2.75) is 0 Å². The van der Waals surface area contributed by atoms with Crippen LogP contribution in [-0.2, 0) is 4.79 Å². The molecule has 0 atom stereocenters. The van der Waals surface area contributed by atoms with E-state index >= 15 is 0 Å². The van der Waals surface area contributed by atoms with Crippen LogP contribution < -0.4 is 5.32 Å². The molecule has 17 heavy (non-hydrogen) atoms. The Hall–Kier alpha value is -1.69. The summed E-state index contributed by atoms with van der Waals surface area (Å²) in [6.45, 7) is -0.264. The predicted octanol–water partition coefficient (Wildman–Crippen LogP) is 2.63. The third-order valence-electron chi connectivity index (χ3n) is 2.21. The van der Waals surface area contributed by atoms with Crippen LogP contribution >= 0.6 is 15.9 Å². The van der Waals surface area contributed by atoms with Gasteiger partial charge in [-0.15, -0.1) is 0 Å². The zero-order valence-corrected chi connectivity index (χ0v) is 10.2. The lowest BCUT2D eigenvalue weighted by Crippen LogP contribution is -2.13. The Morgan fingerprint density at radius 2 is 2.24 bits per heavy atom. The summed E-state index contributed by atoms with van der Waals surface area (Å²) in [5, 5.41) is 12.5. The van der Waals surface area contributed by atoms with Crippen molar-refractivity contribution in [1.82, 2.24) is 4.98 Å². The molecule has 2 N–H and O–H groups in total. The van der Waals surface area contributed by atoms with Crippen molar-refractivity contribution in [3.63, 3.8) is 0 Å². The highest BCUT2D eigenvalue weighted by molar-refractivity contribution is 9.10. The van der Waals surface area contributed by atoms with E-state index in [0.717, 1.165) is 9.86 Å². The van der Waals surface area contributed by atoms with Gasteiger partial charge in [0.1, 0.15) is 18.2 Å². The topological polar surface area (TPSA) is 62.2 Å². The van der Waals surface area contributed by atoms with E-state index in [-0.39, 0.29) is 6.54 Å². The number of nitrogens with zero attached hydrogens (tertiary/aromatic N) is 1. The van der Waals surface area contributed by atoms with Gasteiger partial charge in [0, 0.05) is 21.4 Å². The van der Waals surface area contributed by atoms with Crippen molar-refractivity contribution in [3.05, 3.63) is 34.7 Å². The van der Waals surface area contributed by atoms with Gasteiger partial charge >= 0.3 is 5.97 Å². The molecule has 0 bridgehead atoms. The minimum absolute atomic E-state index is 0.264. The fourth-order valence-electron chi connectivity index (χ4n) is 1.48. The number of pyridine rings is 1. The molecule has 0 aliphatic rings. The number of carboxylic acids is 1. The second kappa shape index (κ2) is 4.67. The SMILES string of the molecule is O=C(O)CNc1ncc(Br)c2ccc(F)cc12. The molecule has 1 aromatic heterocycles. The zero-order valence-electron chi connectivity index (χ0n) is 8.58. The Bertz CT molecular complexity index is 589. The second-order valence-electron chi connectivity index (χ2n) is 3.39. The summed E-state index contributed by atoms with van der Waals surface area (Å²) in [5.41, 5.74) is 0. The van der Waals surface area contributed by atoms with Crippen molar-refractivity contribution >= 4 is 38.5 Å². The molecular weight excluding hydrogens is 291 g/mol. The quantitative estimate of drug-likeness (QED) is 0.914. The fraction of sp³-hybridized carbons (Fsp3) is 0.0909. The molecule has 6 heteroatoms. The monoisotopic (exact) mass is 298 g/mol. The highest BCUT2D eigenvalue weighted by Crippen LogP contribution is 2.28. The maximum atomic E-state index is 13.2. The van der Waals surface area contributed by atoms with Gasteiger partial charge in [0.25, 0.3) is 0 Å². The van der Waals surface area contributed by atoms with E-state index in [2.05, 4.69) is 26.2 Å². The Morgan fingerprint density at radius 3 is 2.94 bits per heavy atom. The smallest absolute Gasteiger partial charge is 0.322 e. The van der Waals surface area contributed by atoms with E-state index in [1.807, 2.05) is 0 Å². The molecule has 2 rings (SSSR count). The lowest BCUT2D eigenvalue weighted by atomic mass is 10.1. The van der Waals surface area contributed by atoms with Gasteiger partial charge in [-0.25, -0.2) is 9.37 Å². The van der Waals surface area contributed by atoms with Crippen molar-refractivity contribution in [2.75, 3.05) is 11.9 Å². The molecule has 0 unspecified atom stereocenters. The third kappa shape index (κ3) is 2.52. The van der Waals surface area contributed by atoms with Crippen molar-refractivity contribution < 1.29 is 14.3 Å². The molecule has 0 spiro atoms. The van der Waals surface area contributed by atoms with Gasteiger partial charge in [-0.1, -0.05) is 6.07 Å². The first kappa shape index (κ1) is 11.8. The standard InChI is InChI=1S/C11H8BrFN2O2/c12-9-4-14-11(15-5-10(16)17)8-3-6(13)1-2-7(8)9/h1-4H,5H2,(H,14,15)(H,16,17). The summed E-state index contributed by atoms with van der Waals surface area (Å²) in [4.78, 5) is 14.5. The number of hydrogen-bond donors (Lipinski definition) is 2. The number of halogens is 2. The van der Waals surface area contributed by atoms with Gasteiger partial charge in [-0.05, 0) is 28.1 Å². The molecule has 88 valence electrons. The van der Waals surface area contributed by atoms with Gasteiger partial charge in [-0.3, -0.25) is 4.79 Å². The molecule has 4 nitrogen and oxygen atoms in total. The molecule has 1 aromatic carbocycles. The number of nitrogens with one attached hydrogen (secondary N) is 1. The van der Waals surface area contributed by atoms with Crippen LogP contribution in [0.3, 0.4) is 0 Å². The minimum Gasteiger partial charge on any atom is -0.480 e. The van der Waals surface area contributed by atoms with Gasteiger partial charge < -0.3 is 10.4 Å². The van der Waals surface area contributed by atoms with E-state index in [4.69, 9.17) is 5.11 Å². The Labute approximate surface area is 105 Å². The molecule has 1 heterocycles. The maximum absolute atomic E-state index is 13.2. The first-order valence-electron chi connectivity index (χ1n) is 4.77. The average Bonchev–Trinajstić information content (AvgIpc) is 2.28. The van der Waals surface area contributed by atoms with Gasteiger partial charge in [0.05, 0.1) is 0 Å². The van der Waals surface area contributed by atoms with Crippen LogP contribution in [-0.4, -0.2) is 22.6 Å². The van der Waals surface area contributed by atoms with Crippen LogP contribution in [0.1, 0.15) is 0 Å². The first-order valence-corrected chi connectivity index (χ1v) is 5.56. The van der Waals surface area contributed by atoms with E-state index in [1.165, 1.54) is 12.1 Å². The molecule has 0 aliphatic heterocycles. The number of hydrogen-bond acceptors (Lipinski definition) is 3. The van der Waals surface area contributed by atoms with Crippen LogP contribution in [0.2, 0.25) is 0 Å². The Morgan fingerprint density at radius 1 is 1.47 bits per heavy atom. The summed E-state index contributed by atoms with van der Waals surface area (Å²) >= 11 is 3.31. The molecular formula is C11H8BrFN2O2. The second-order valence-corrected chi connectivity index (χ2v) is 4.25. The van der Waals surface area contributed by atoms with Crippen molar-refractivity contribution in [2.24, 2.45) is 0 Å². The van der Waals surface area contributed by atoms with Crippen LogP contribution in [0.15, 0.2) is 28.9 Å². The molecule has 0 fully saturated rings. The number of benzene rings is 1. The number of rotatable bonds is 3. The van der Waals surface area contributed by atoms with Crippen molar-refractivity contribution in [1.29, 1.82) is 0 Å². The van der Waals surface area contributed by atoms with Crippen LogP contribution in [0.5, 0.6) is 0 Å². The Kier molecular flexibility index (Phi) is 3.23. The van der Waals surface area contributed by atoms with Crippen LogP contribution in [0, 0.1) is 5.82 Å². The largest absolute Gasteiger partial charge is 0.480 e. The summed E-state index contributed by atoms with van der Waals surface area (Å²) in [7, 11) is 0. The summed E-state index contributed by atoms with van der Waals surface area (Å²) in [5.74, 6) is -1.04. The number of fused-ring (bicyclic) bond motifs is 1. The zero-order chi connectivity index (χ0) is 12.4. The molecule has 0 radical (unpaired) electrons. The van der Waals surface area contributed by atoms with E-state index in [0.29, 0.717) is 11.2 Å². The van der Waals surface area contributed by atoms with Crippen LogP contribution in [0.25, 0.3) is 10.8 Å². The highest BCUT2D eigenvalue weighted by Gasteiger charge is 2.08. The van der Waals surface area contributed by atoms with Crippen molar-refractivity contribution in [3.8, 4) is 0 Å². The highest BCUT2D eigenvalue weighted by atomic mass is 79.9. The third-order valence-corrected chi connectivity index (χ3v) is 2.84. The molecule has 0 saturated carbocycles. The molecule has 0 amide bonds. The predicted molar refractivity (Wildman–Crippen MR) is 65.5 cm³/mol. The first-order chi connectivity index (χ1) is 8.08. The Balaban J connectivity index is 2.52. The molecule has 0 aliphatic carbocycles. The summed E-state index contributed by atoms with van der Waals surface area (Å²) in [6, 6.07) is 4.27. The van der Waals surface area contributed by atoms with E-state index in [1.54, 1.807) is 12.3 Å². The van der Waals surface area contributed by atoms with Gasteiger partial charge in [-0.2, -0.15) is 0 Å². The average molecular weight is 299 g/mol. The minimum atomic E-state index is -1.00. The lowest BCUT2D eigenvalue weighted by molar-refractivity contribution is -0.134. The number of carbonyl (C=O) groups is 1.